The van der Waals surface area contributed by atoms with Gasteiger partial charge in [0.2, 0.25) is 0 Å². The highest BCUT2D eigenvalue weighted by Crippen LogP contribution is 2.22. The van der Waals surface area contributed by atoms with Crippen LogP contribution in [0.25, 0.3) is 0 Å². The molecule has 1 rings (SSSR count). The zero-order chi connectivity index (χ0) is 15.2. The second-order valence-electron chi connectivity index (χ2n) is 4.01. The third-order valence-electron chi connectivity index (χ3n) is 2.59. The van der Waals surface area contributed by atoms with E-state index in [0.29, 0.717) is 32.0 Å². The van der Waals surface area contributed by atoms with Gasteiger partial charge in [-0.25, -0.2) is 13.2 Å². The van der Waals surface area contributed by atoms with Gasteiger partial charge in [0.25, 0.3) is 0 Å². The second kappa shape index (κ2) is 7.77. The van der Waals surface area contributed by atoms with Crippen LogP contribution < -0.4 is 0 Å². The summed E-state index contributed by atoms with van der Waals surface area (Å²) in [6, 6.07) is 1.11. The van der Waals surface area contributed by atoms with Crippen molar-refractivity contribution in [1.82, 2.24) is 0 Å². The van der Waals surface area contributed by atoms with Gasteiger partial charge in [-0.15, -0.1) is 0 Å². The minimum absolute atomic E-state index is 0.166. The molecule has 0 aliphatic heterocycles. The summed E-state index contributed by atoms with van der Waals surface area (Å²) < 4.78 is 57.0. The summed E-state index contributed by atoms with van der Waals surface area (Å²) in [4.78, 5) is 0. The summed E-state index contributed by atoms with van der Waals surface area (Å²) in [5.41, 5.74) is -0.270. The fourth-order valence-electron chi connectivity index (χ4n) is 1.90. The maximum atomic E-state index is 13.7. The normalized spacial score (nSPS) is 11.9. The first-order valence-electron chi connectivity index (χ1n) is 6.53. The van der Waals surface area contributed by atoms with Crippen LogP contribution >= 0.6 is 0 Å². The molecule has 1 aromatic rings. The molecule has 0 fully saturated rings. The first-order chi connectivity index (χ1) is 9.48. The molecule has 0 saturated carbocycles. The van der Waals surface area contributed by atoms with E-state index in [2.05, 4.69) is 0 Å². The van der Waals surface area contributed by atoms with E-state index in [1.807, 2.05) is 0 Å². The predicted molar refractivity (Wildman–Crippen MR) is 70.7 cm³/mol. The summed E-state index contributed by atoms with van der Waals surface area (Å²) in [6.07, 6.45) is 0. The molecular formula is C13H19F3O3Si. The highest BCUT2D eigenvalue weighted by Gasteiger charge is 2.42. The molecule has 0 aliphatic carbocycles. The van der Waals surface area contributed by atoms with Crippen molar-refractivity contribution in [3.05, 3.63) is 35.1 Å². The topological polar surface area (TPSA) is 27.7 Å². The van der Waals surface area contributed by atoms with E-state index < -0.39 is 26.3 Å². The number of hydrogen-bond acceptors (Lipinski definition) is 3. The molecule has 3 nitrogen and oxygen atoms in total. The van der Waals surface area contributed by atoms with Crippen LogP contribution in [-0.2, 0) is 19.3 Å². The second-order valence-corrected chi connectivity index (χ2v) is 6.59. The zero-order valence-corrected chi connectivity index (χ0v) is 12.8. The predicted octanol–water partition coefficient (Wildman–Crippen LogP) is 3.23. The average molecular weight is 308 g/mol. The highest BCUT2D eigenvalue weighted by atomic mass is 28.4. The van der Waals surface area contributed by atoms with E-state index >= 15 is 0 Å². The van der Waals surface area contributed by atoms with Gasteiger partial charge >= 0.3 is 8.80 Å². The lowest BCUT2D eigenvalue weighted by atomic mass is 10.2. The molecule has 0 heterocycles. The molecule has 0 radical (unpaired) electrons. The van der Waals surface area contributed by atoms with Gasteiger partial charge in [0.15, 0.2) is 0 Å². The molecule has 0 unspecified atom stereocenters. The van der Waals surface area contributed by atoms with Crippen molar-refractivity contribution >= 4 is 8.80 Å². The van der Waals surface area contributed by atoms with Crippen molar-refractivity contribution in [2.24, 2.45) is 0 Å². The summed E-state index contributed by atoms with van der Waals surface area (Å²) in [5, 5.41) is 0. The maximum absolute atomic E-state index is 13.7. The van der Waals surface area contributed by atoms with Crippen molar-refractivity contribution in [3.63, 3.8) is 0 Å². The molecule has 0 amide bonds. The number of rotatable bonds is 8. The van der Waals surface area contributed by atoms with E-state index in [1.165, 1.54) is 0 Å². The summed E-state index contributed by atoms with van der Waals surface area (Å²) in [5.74, 6) is -2.88. The molecule has 0 atom stereocenters. The molecule has 20 heavy (non-hydrogen) atoms. The summed E-state index contributed by atoms with van der Waals surface area (Å²) in [7, 11) is -3.22. The van der Waals surface area contributed by atoms with E-state index in [9.17, 15) is 13.2 Å². The van der Waals surface area contributed by atoms with Crippen LogP contribution in [0.4, 0.5) is 13.2 Å². The number of hydrogen-bond donors (Lipinski definition) is 0. The Morgan fingerprint density at radius 2 is 1.25 bits per heavy atom. The van der Waals surface area contributed by atoms with Crippen LogP contribution in [0, 0.1) is 17.5 Å². The molecule has 1 aromatic carbocycles. The Morgan fingerprint density at radius 3 is 1.60 bits per heavy atom. The van der Waals surface area contributed by atoms with Crippen molar-refractivity contribution in [1.29, 1.82) is 0 Å². The molecule has 7 heteroatoms. The Labute approximate surface area is 118 Å². The lowest BCUT2D eigenvalue weighted by molar-refractivity contribution is 0.0698. The third kappa shape index (κ3) is 4.31. The molecule has 114 valence electrons. The van der Waals surface area contributed by atoms with Gasteiger partial charge < -0.3 is 13.3 Å². The van der Waals surface area contributed by atoms with Crippen molar-refractivity contribution < 1.29 is 26.4 Å². The average Bonchev–Trinajstić information content (AvgIpc) is 2.35. The minimum Gasteiger partial charge on any atom is -0.374 e. The fourth-order valence-corrected chi connectivity index (χ4v) is 4.54. The number of benzene rings is 1. The largest absolute Gasteiger partial charge is 0.505 e. The first-order valence-corrected chi connectivity index (χ1v) is 8.46. The van der Waals surface area contributed by atoms with E-state index in [-0.39, 0.29) is 11.6 Å². The van der Waals surface area contributed by atoms with Crippen molar-refractivity contribution in [3.8, 4) is 0 Å². The Kier molecular flexibility index (Phi) is 6.67. The summed E-state index contributed by atoms with van der Waals surface area (Å²) in [6.45, 7) is 6.15. The molecule has 0 N–H and O–H groups in total. The van der Waals surface area contributed by atoms with Gasteiger partial charge in [-0.2, -0.15) is 0 Å². The Hall–Kier alpha value is -0.893. The van der Waals surface area contributed by atoms with Crippen LogP contribution in [0.2, 0.25) is 0 Å². The first kappa shape index (κ1) is 17.2. The van der Waals surface area contributed by atoms with Gasteiger partial charge in [-0.05, 0) is 20.8 Å². The van der Waals surface area contributed by atoms with Gasteiger partial charge in [0, 0.05) is 43.6 Å². The molecule has 0 aliphatic rings. The van der Waals surface area contributed by atoms with Gasteiger partial charge in [0.1, 0.15) is 17.5 Å². The molecule has 0 spiro atoms. The Morgan fingerprint density at radius 1 is 0.850 bits per heavy atom. The van der Waals surface area contributed by atoms with E-state index in [0.717, 1.165) is 0 Å². The maximum Gasteiger partial charge on any atom is 0.505 e. The van der Waals surface area contributed by atoms with Crippen LogP contribution in [0.5, 0.6) is 0 Å². The fraction of sp³-hybridized carbons (Fsp3) is 0.538. The Bertz CT molecular complexity index is 403. The highest BCUT2D eigenvalue weighted by molar-refractivity contribution is 6.60. The lowest BCUT2D eigenvalue weighted by Crippen LogP contribution is -2.49. The monoisotopic (exact) mass is 308 g/mol. The quantitative estimate of drug-likeness (QED) is 0.690. The lowest BCUT2D eigenvalue weighted by Gasteiger charge is -2.28. The van der Waals surface area contributed by atoms with Crippen LogP contribution in [-0.4, -0.2) is 28.6 Å². The Balaban J connectivity index is 3.11. The SMILES string of the molecule is CCO[Si](Cc1c(F)cc(F)cc1F)(OCC)OCC. The number of halogens is 3. The van der Waals surface area contributed by atoms with Crippen LogP contribution in [0.1, 0.15) is 26.3 Å². The van der Waals surface area contributed by atoms with Gasteiger partial charge in [-0.3, -0.25) is 0 Å². The third-order valence-corrected chi connectivity index (χ3v) is 5.56. The standard InChI is InChI=1S/C13H19F3O3Si/c1-4-17-20(18-5-2,19-6-3)9-11-12(15)7-10(14)8-13(11)16/h7-8H,4-6,9H2,1-3H3. The van der Waals surface area contributed by atoms with E-state index in [4.69, 9.17) is 13.3 Å². The zero-order valence-electron chi connectivity index (χ0n) is 11.8. The minimum atomic E-state index is -3.22. The van der Waals surface area contributed by atoms with E-state index in [1.54, 1.807) is 20.8 Å². The smallest absolute Gasteiger partial charge is 0.374 e. The molecule has 0 saturated heterocycles. The van der Waals surface area contributed by atoms with Crippen LogP contribution in [0.15, 0.2) is 12.1 Å². The summed E-state index contributed by atoms with van der Waals surface area (Å²) >= 11 is 0. The van der Waals surface area contributed by atoms with Gasteiger partial charge in [0.05, 0.1) is 0 Å². The van der Waals surface area contributed by atoms with Gasteiger partial charge in [-0.1, -0.05) is 0 Å². The molecular weight excluding hydrogens is 289 g/mol. The molecule has 0 bridgehead atoms. The van der Waals surface area contributed by atoms with Crippen molar-refractivity contribution in [2.45, 2.75) is 26.8 Å². The van der Waals surface area contributed by atoms with Crippen LogP contribution in [0.3, 0.4) is 0 Å². The molecule has 0 aromatic heterocycles. The van der Waals surface area contributed by atoms with Crippen molar-refractivity contribution in [2.75, 3.05) is 19.8 Å².